The topological polar surface area (TPSA) is 64.6 Å². The van der Waals surface area contributed by atoms with E-state index in [1.165, 1.54) is 0 Å². The Kier molecular flexibility index (Phi) is 4.08. The summed E-state index contributed by atoms with van der Waals surface area (Å²) in [6.45, 7) is 1.16. The molecule has 2 aliphatic rings. The van der Waals surface area contributed by atoms with Crippen LogP contribution in [0.5, 0.6) is 11.5 Å². The summed E-state index contributed by atoms with van der Waals surface area (Å²) in [5, 5.41) is 3.17. The summed E-state index contributed by atoms with van der Waals surface area (Å²) in [7, 11) is -1.26. The van der Waals surface area contributed by atoms with Crippen LogP contribution in [0.4, 0.5) is 0 Å². The van der Waals surface area contributed by atoms with Crippen molar-refractivity contribution in [1.29, 1.82) is 0 Å². The van der Waals surface area contributed by atoms with Gasteiger partial charge in [-0.2, -0.15) is 0 Å². The van der Waals surface area contributed by atoms with Crippen LogP contribution in [0, 0.1) is 0 Å². The Morgan fingerprint density at radius 3 is 2.95 bits per heavy atom. The third kappa shape index (κ3) is 3.01. The molecule has 0 aromatic heterocycles. The van der Waals surface area contributed by atoms with Crippen molar-refractivity contribution in [3.8, 4) is 11.5 Å². The van der Waals surface area contributed by atoms with Crippen LogP contribution in [0.15, 0.2) is 18.2 Å². The summed E-state index contributed by atoms with van der Waals surface area (Å²) >= 11 is 0. The molecule has 6 heteroatoms. The maximum absolute atomic E-state index is 11.9. The van der Waals surface area contributed by atoms with Crippen LogP contribution in [0.3, 0.4) is 0 Å². The summed E-state index contributed by atoms with van der Waals surface area (Å²) in [5.41, 5.74) is 1.05. The first kappa shape index (κ1) is 14.7. The zero-order valence-corrected chi connectivity index (χ0v) is 13.0. The zero-order chi connectivity index (χ0) is 14.9. The maximum Gasteiger partial charge on any atom is 0.154 e. The predicted molar refractivity (Wildman–Crippen MR) is 80.7 cm³/mol. The van der Waals surface area contributed by atoms with E-state index in [2.05, 4.69) is 5.32 Å². The van der Waals surface area contributed by atoms with Crippen LogP contribution < -0.4 is 14.8 Å². The van der Waals surface area contributed by atoms with Crippen molar-refractivity contribution in [2.24, 2.45) is 0 Å². The summed E-state index contributed by atoms with van der Waals surface area (Å²) in [6, 6.07) is 5.88. The highest BCUT2D eigenvalue weighted by atomic mass is 32.2. The number of rotatable bonds is 4. The smallest absolute Gasteiger partial charge is 0.154 e. The molecular weight excluding hydrogens is 290 g/mol. The van der Waals surface area contributed by atoms with Gasteiger partial charge in [-0.05, 0) is 31.0 Å². The van der Waals surface area contributed by atoms with Gasteiger partial charge in [0.2, 0.25) is 0 Å². The average Bonchev–Trinajstić information content (AvgIpc) is 2.83. The van der Waals surface area contributed by atoms with Crippen molar-refractivity contribution in [1.82, 2.24) is 5.32 Å². The Bertz CT molecular complexity index is 614. The van der Waals surface area contributed by atoms with E-state index in [9.17, 15) is 8.42 Å². The Hall–Kier alpha value is -1.27. The van der Waals surface area contributed by atoms with Crippen LogP contribution in [-0.4, -0.2) is 39.7 Å². The van der Waals surface area contributed by atoms with Gasteiger partial charge in [-0.15, -0.1) is 0 Å². The SMILES string of the molecule is COc1ccc2c(c1)C(NCC1CCCS1(=O)=O)CCO2. The summed E-state index contributed by atoms with van der Waals surface area (Å²) in [4.78, 5) is 0. The number of sulfone groups is 1. The van der Waals surface area contributed by atoms with E-state index in [0.717, 1.165) is 36.3 Å². The zero-order valence-electron chi connectivity index (χ0n) is 12.2. The first-order valence-corrected chi connectivity index (χ1v) is 9.07. The molecule has 0 bridgehead atoms. The monoisotopic (exact) mass is 311 g/mol. The lowest BCUT2D eigenvalue weighted by molar-refractivity contribution is 0.251. The van der Waals surface area contributed by atoms with E-state index < -0.39 is 9.84 Å². The van der Waals surface area contributed by atoms with Gasteiger partial charge in [0, 0.05) is 24.6 Å². The van der Waals surface area contributed by atoms with Crippen molar-refractivity contribution < 1.29 is 17.9 Å². The number of hydrogen-bond acceptors (Lipinski definition) is 5. The van der Waals surface area contributed by atoms with E-state index in [-0.39, 0.29) is 11.3 Å². The van der Waals surface area contributed by atoms with Crippen molar-refractivity contribution in [2.75, 3.05) is 26.0 Å². The molecule has 0 aliphatic carbocycles. The number of ether oxygens (including phenoxy) is 2. The number of methoxy groups -OCH3 is 1. The fourth-order valence-electron chi connectivity index (χ4n) is 3.07. The van der Waals surface area contributed by atoms with Crippen LogP contribution >= 0.6 is 0 Å². The van der Waals surface area contributed by atoms with Gasteiger partial charge >= 0.3 is 0 Å². The molecule has 2 aliphatic heterocycles. The molecule has 0 saturated carbocycles. The van der Waals surface area contributed by atoms with Gasteiger partial charge in [0.25, 0.3) is 0 Å². The van der Waals surface area contributed by atoms with Crippen LogP contribution in [0.2, 0.25) is 0 Å². The van der Waals surface area contributed by atoms with Crippen LogP contribution in [0.1, 0.15) is 30.9 Å². The van der Waals surface area contributed by atoms with E-state index >= 15 is 0 Å². The molecule has 3 rings (SSSR count). The quantitative estimate of drug-likeness (QED) is 0.916. The minimum Gasteiger partial charge on any atom is -0.497 e. The molecule has 0 radical (unpaired) electrons. The largest absolute Gasteiger partial charge is 0.497 e. The lowest BCUT2D eigenvalue weighted by Crippen LogP contribution is -2.35. The minimum absolute atomic E-state index is 0.125. The molecule has 1 N–H and O–H groups in total. The highest BCUT2D eigenvalue weighted by Gasteiger charge is 2.32. The fourth-order valence-corrected chi connectivity index (χ4v) is 4.85. The number of nitrogens with one attached hydrogen (secondary N) is 1. The fraction of sp³-hybridized carbons (Fsp3) is 0.600. The lowest BCUT2D eigenvalue weighted by atomic mass is 10.00. The second-order valence-corrected chi connectivity index (χ2v) is 8.03. The number of benzene rings is 1. The first-order chi connectivity index (χ1) is 10.1. The Balaban J connectivity index is 1.73. The Morgan fingerprint density at radius 1 is 1.38 bits per heavy atom. The molecule has 1 fully saturated rings. The standard InChI is InChI=1S/C15H21NO4S/c1-19-11-4-5-15-13(9-11)14(6-7-20-15)16-10-12-3-2-8-21(12,17)18/h4-5,9,12,14,16H,2-3,6-8,10H2,1H3. The second kappa shape index (κ2) is 5.85. The molecule has 1 aromatic carbocycles. The van der Waals surface area contributed by atoms with E-state index in [1.54, 1.807) is 7.11 Å². The number of hydrogen-bond donors (Lipinski definition) is 1. The van der Waals surface area contributed by atoms with Crippen molar-refractivity contribution in [2.45, 2.75) is 30.6 Å². The van der Waals surface area contributed by atoms with Crippen molar-refractivity contribution in [3.63, 3.8) is 0 Å². The number of fused-ring (bicyclic) bond motifs is 1. The van der Waals surface area contributed by atoms with Gasteiger partial charge in [-0.3, -0.25) is 0 Å². The van der Waals surface area contributed by atoms with E-state index in [1.807, 2.05) is 18.2 Å². The van der Waals surface area contributed by atoms with Crippen molar-refractivity contribution in [3.05, 3.63) is 23.8 Å². The maximum atomic E-state index is 11.9. The molecule has 2 heterocycles. The third-order valence-corrected chi connectivity index (χ3v) is 6.59. The normalized spacial score (nSPS) is 26.9. The Morgan fingerprint density at radius 2 is 2.24 bits per heavy atom. The molecule has 2 unspecified atom stereocenters. The average molecular weight is 311 g/mol. The van der Waals surface area contributed by atoms with E-state index in [0.29, 0.717) is 18.9 Å². The van der Waals surface area contributed by atoms with Crippen LogP contribution in [-0.2, 0) is 9.84 Å². The highest BCUT2D eigenvalue weighted by Crippen LogP contribution is 2.35. The van der Waals surface area contributed by atoms with Gasteiger partial charge in [0.05, 0.1) is 24.7 Å². The molecule has 1 aromatic rings. The molecule has 2 atom stereocenters. The minimum atomic E-state index is -2.90. The summed E-state index contributed by atoms with van der Waals surface area (Å²) in [6.07, 6.45) is 2.39. The van der Waals surface area contributed by atoms with Crippen LogP contribution in [0.25, 0.3) is 0 Å². The second-order valence-electron chi connectivity index (χ2n) is 5.63. The molecule has 0 spiro atoms. The first-order valence-electron chi connectivity index (χ1n) is 7.36. The summed E-state index contributed by atoms with van der Waals surface area (Å²) < 4.78 is 34.7. The molecule has 116 valence electrons. The third-order valence-electron chi connectivity index (χ3n) is 4.31. The van der Waals surface area contributed by atoms with E-state index in [4.69, 9.17) is 9.47 Å². The van der Waals surface area contributed by atoms with Gasteiger partial charge in [-0.1, -0.05) is 0 Å². The van der Waals surface area contributed by atoms with Gasteiger partial charge in [0.1, 0.15) is 11.5 Å². The molecule has 5 nitrogen and oxygen atoms in total. The predicted octanol–water partition coefficient (Wildman–Crippen LogP) is 1.69. The highest BCUT2D eigenvalue weighted by molar-refractivity contribution is 7.92. The molecule has 0 amide bonds. The molecular formula is C15H21NO4S. The molecule has 1 saturated heterocycles. The molecule has 21 heavy (non-hydrogen) atoms. The van der Waals surface area contributed by atoms with Crippen molar-refractivity contribution >= 4 is 9.84 Å². The summed E-state index contributed by atoms with van der Waals surface area (Å²) in [5.74, 6) is 1.98. The van der Waals surface area contributed by atoms with Gasteiger partial charge in [-0.25, -0.2) is 8.42 Å². The lowest BCUT2D eigenvalue weighted by Gasteiger charge is -2.28. The van der Waals surface area contributed by atoms with Gasteiger partial charge in [0.15, 0.2) is 9.84 Å². The Labute approximate surface area is 125 Å². The van der Waals surface area contributed by atoms with Gasteiger partial charge < -0.3 is 14.8 Å².